The molecule has 2 atom stereocenters. The molecule has 2 aromatic carbocycles. The van der Waals surface area contributed by atoms with Crippen molar-refractivity contribution in [1.29, 1.82) is 0 Å². The van der Waals surface area contributed by atoms with Crippen molar-refractivity contribution in [2.75, 3.05) is 5.32 Å². The van der Waals surface area contributed by atoms with Gasteiger partial charge in [-0.2, -0.15) is 0 Å². The summed E-state index contributed by atoms with van der Waals surface area (Å²) in [5.41, 5.74) is 3.24. The van der Waals surface area contributed by atoms with E-state index >= 15 is 0 Å². The van der Waals surface area contributed by atoms with Gasteiger partial charge in [-0.05, 0) is 67.0 Å². The number of hydrogen-bond donors (Lipinski definition) is 2. The van der Waals surface area contributed by atoms with Crippen molar-refractivity contribution >= 4 is 11.7 Å². The average molecular weight is 396 g/mol. The van der Waals surface area contributed by atoms with Crippen LogP contribution >= 0.6 is 0 Å². The molecule has 0 unspecified atom stereocenters. The predicted molar refractivity (Wildman–Crippen MR) is 114 cm³/mol. The van der Waals surface area contributed by atoms with E-state index in [0.29, 0.717) is 18.0 Å². The number of nitrogens with one attached hydrogen (secondary N) is 2. The monoisotopic (exact) mass is 395 g/mol. The number of benzene rings is 2. The zero-order chi connectivity index (χ0) is 20.4. The van der Waals surface area contributed by atoms with Crippen LogP contribution in [0.5, 0.6) is 0 Å². The van der Waals surface area contributed by atoms with Crippen molar-refractivity contribution in [3.8, 4) is 0 Å². The van der Waals surface area contributed by atoms with Crippen LogP contribution in [0.25, 0.3) is 0 Å². The Morgan fingerprint density at radius 1 is 1.03 bits per heavy atom. The van der Waals surface area contributed by atoms with Gasteiger partial charge in [0.25, 0.3) is 0 Å². The van der Waals surface area contributed by atoms with E-state index in [0.717, 1.165) is 30.6 Å². The van der Waals surface area contributed by atoms with E-state index in [1.165, 1.54) is 30.5 Å². The van der Waals surface area contributed by atoms with Crippen molar-refractivity contribution in [3.63, 3.8) is 0 Å². The summed E-state index contributed by atoms with van der Waals surface area (Å²) in [5, 5.41) is 6.13. The number of rotatable bonds is 5. The first-order chi connectivity index (χ1) is 14.0. The second kappa shape index (κ2) is 8.54. The molecule has 2 aliphatic rings. The molecule has 29 heavy (non-hydrogen) atoms. The lowest BCUT2D eigenvalue weighted by molar-refractivity contribution is 0.112. The Hall–Kier alpha value is -2.40. The normalized spacial score (nSPS) is 23.9. The highest BCUT2D eigenvalue weighted by Gasteiger charge is 2.40. The largest absolute Gasteiger partial charge is 0.335 e. The Balaban J connectivity index is 1.30. The maximum atomic E-state index is 13.2. The van der Waals surface area contributed by atoms with Crippen LogP contribution in [-0.2, 0) is 6.54 Å². The predicted octanol–water partition coefficient (Wildman–Crippen LogP) is 5.27. The fourth-order valence-electron chi connectivity index (χ4n) is 4.75. The van der Waals surface area contributed by atoms with Gasteiger partial charge in [0, 0.05) is 30.4 Å². The van der Waals surface area contributed by atoms with Crippen LogP contribution < -0.4 is 10.6 Å². The molecule has 0 aromatic heterocycles. The van der Waals surface area contributed by atoms with Gasteiger partial charge in [0.05, 0.1) is 0 Å². The molecule has 5 heteroatoms. The highest BCUT2D eigenvalue weighted by molar-refractivity contribution is 5.89. The summed E-state index contributed by atoms with van der Waals surface area (Å²) in [6.45, 7) is 5.18. The molecule has 0 aliphatic carbocycles. The van der Waals surface area contributed by atoms with Crippen LogP contribution in [0.15, 0.2) is 48.5 Å². The standard InChI is InChI=1S/C24H30FN3O/c1-16(2)18-5-9-20(10-6-18)26-24(29)27-21-13-22-11-12-23(14-21)28(22)15-17-3-7-19(25)8-4-17/h3-10,16,21-23H,11-15H2,1-2H3,(H2,26,27,29)/t22-,23-/m1/s1. The number of carbonyl (C=O) groups is 1. The second-order valence-corrected chi connectivity index (χ2v) is 8.73. The van der Waals surface area contributed by atoms with Gasteiger partial charge >= 0.3 is 6.03 Å². The summed E-state index contributed by atoms with van der Waals surface area (Å²) in [4.78, 5) is 15.0. The first-order valence-corrected chi connectivity index (χ1v) is 10.7. The van der Waals surface area contributed by atoms with Gasteiger partial charge in [0.1, 0.15) is 5.82 Å². The smallest absolute Gasteiger partial charge is 0.319 e. The molecule has 2 amide bonds. The molecule has 0 spiro atoms. The Kier molecular flexibility index (Phi) is 5.86. The number of hydrogen-bond acceptors (Lipinski definition) is 2. The summed E-state index contributed by atoms with van der Waals surface area (Å²) in [6, 6.07) is 15.9. The Labute approximate surface area is 172 Å². The first-order valence-electron chi connectivity index (χ1n) is 10.7. The number of amides is 2. The number of piperidine rings is 1. The Morgan fingerprint density at radius 2 is 1.66 bits per heavy atom. The maximum absolute atomic E-state index is 13.2. The Morgan fingerprint density at radius 3 is 2.24 bits per heavy atom. The van der Waals surface area contributed by atoms with Crippen LogP contribution in [0.3, 0.4) is 0 Å². The molecule has 2 N–H and O–H groups in total. The van der Waals surface area contributed by atoms with E-state index in [2.05, 4.69) is 41.5 Å². The number of anilines is 1. The van der Waals surface area contributed by atoms with Gasteiger partial charge in [0.2, 0.25) is 0 Å². The molecule has 0 radical (unpaired) electrons. The van der Waals surface area contributed by atoms with Gasteiger partial charge < -0.3 is 10.6 Å². The van der Waals surface area contributed by atoms with Gasteiger partial charge in [-0.25, -0.2) is 9.18 Å². The second-order valence-electron chi connectivity index (χ2n) is 8.73. The summed E-state index contributed by atoms with van der Waals surface area (Å²) >= 11 is 0. The molecule has 2 fully saturated rings. The van der Waals surface area contributed by atoms with Gasteiger partial charge in [-0.1, -0.05) is 38.1 Å². The van der Waals surface area contributed by atoms with Crippen LogP contribution in [0.2, 0.25) is 0 Å². The quantitative estimate of drug-likeness (QED) is 0.725. The van der Waals surface area contributed by atoms with Gasteiger partial charge in [-0.15, -0.1) is 0 Å². The lowest BCUT2D eigenvalue weighted by Gasteiger charge is -2.39. The minimum absolute atomic E-state index is 0.126. The average Bonchev–Trinajstić information content (AvgIpc) is 2.92. The Bertz CT molecular complexity index is 820. The van der Waals surface area contributed by atoms with Crippen molar-refractivity contribution in [2.24, 2.45) is 0 Å². The third-order valence-corrected chi connectivity index (χ3v) is 6.33. The van der Waals surface area contributed by atoms with E-state index in [1.54, 1.807) is 0 Å². The molecule has 2 saturated heterocycles. The fourth-order valence-corrected chi connectivity index (χ4v) is 4.75. The van der Waals surface area contributed by atoms with Gasteiger partial charge in [0.15, 0.2) is 0 Å². The number of urea groups is 1. The molecular formula is C24H30FN3O. The van der Waals surface area contributed by atoms with Crippen LogP contribution in [-0.4, -0.2) is 29.1 Å². The number of carbonyl (C=O) groups excluding carboxylic acids is 1. The summed E-state index contributed by atoms with van der Waals surface area (Å²) < 4.78 is 13.2. The zero-order valence-electron chi connectivity index (χ0n) is 17.2. The molecule has 2 heterocycles. The first kappa shape index (κ1) is 19.9. The molecule has 0 saturated carbocycles. The van der Waals surface area contributed by atoms with Crippen molar-refractivity contribution in [2.45, 2.75) is 70.1 Å². The summed E-state index contributed by atoms with van der Waals surface area (Å²) in [5.74, 6) is 0.290. The molecular weight excluding hydrogens is 365 g/mol. The molecule has 4 rings (SSSR count). The van der Waals surface area contributed by atoms with Gasteiger partial charge in [-0.3, -0.25) is 4.90 Å². The summed E-state index contributed by atoms with van der Waals surface area (Å²) in [6.07, 6.45) is 4.28. The van der Waals surface area contributed by atoms with Crippen molar-refractivity contribution in [3.05, 3.63) is 65.5 Å². The molecule has 154 valence electrons. The molecule has 2 aromatic rings. The zero-order valence-corrected chi connectivity index (χ0v) is 17.2. The third-order valence-electron chi connectivity index (χ3n) is 6.33. The lowest BCUT2D eigenvalue weighted by Crippen LogP contribution is -2.50. The number of nitrogens with zero attached hydrogens (tertiary/aromatic N) is 1. The van der Waals surface area contributed by atoms with Crippen LogP contribution in [0.4, 0.5) is 14.9 Å². The van der Waals surface area contributed by atoms with Crippen molar-refractivity contribution in [1.82, 2.24) is 10.2 Å². The lowest BCUT2D eigenvalue weighted by atomic mass is 9.96. The van der Waals surface area contributed by atoms with Crippen LogP contribution in [0.1, 0.15) is 56.6 Å². The maximum Gasteiger partial charge on any atom is 0.319 e. The topological polar surface area (TPSA) is 44.4 Å². The van der Waals surface area contributed by atoms with E-state index in [1.807, 2.05) is 24.3 Å². The van der Waals surface area contributed by atoms with E-state index in [4.69, 9.17) is 0 Å². The van der Waals surface area contributed by atoms with E-state index in [-0.39, 0.29) is 17.9 Å². The van der Waals surface area contributed by atoms with E-state index in [9.17, 15) is 9.18 Å². The minimum atomic E-state index is -0.190. The fraction of sp³-hybridized carbons (Fsp3) is 0.458. The highest BCUT2D eigenvalue weighted by Crippen LogP contribution is 2.37. The molecule has 4 nitrogen and oxygen atoms in total. The number of fused-ring (bicyclic) bond motifs is 2. The molecule has 2 aliphatic heterocycles. The van der Waals surface area contributed by atoms with Crippen molar-refractivity contribution < 1.29 is 9.18 Å². The third kappa shape index (κ3) is 4.78. The van der Waals surface area contributed by atoms with Crippen LogP contribution in [0, 0.1) is 5.82 Å². The number of halogens is 1. The minimum Gasteiger partial charge on any atom is -0.335 e. The van der Waals surface area contributed by atoms with E-state index < -0.39 is 0 Å². The SMILES string of the molecule is CC(C)c1ccc(NC(=O)NC2C[C@H]3CC[C@H](C2)N3Cc2ccc(F)cc2)cc1. The summed E-state index contributed by atoms with van der Waals surface area (Å²) in [7, 11) is 0. The highest BCUT2D eigenvalue weighted by atomic mass is 19.1. The molecule has 2 bridgehead atoms.